The Morgan fingerprint density at radius 2 is 1.67 bits per heavy atom. The minimum absolute atomic E-state index is 0.0239. The van der Waals surface area contributed by atoms with Gasteiger partial charge in [-0.05, 0) is 12.1 Å². The van der Waals surface area contributed by atoms with Crippen molar-refractivity contribution in [2.45, 2.75) is 27.2 Å². The van der Waals surface area contributed by atoms with Crippen molar-refractivity contribution in [1.82, 2.24) is 10.6 Å². The van der Waals surface area contributed by atoms with Gasteiger partial charge >= 0.3 is 0 Å². The Labute approximate surface area is 126 Å². The van der Waals surface area contributed by atoms with Crippen LogP contribution in [0.2, 0.25) is 0 Å². The third kappa shape index (κ3) is 7.34. The van der Waals surface area contributed by atoms with Gasteiger partial charge in [0, 0.05) is 18.5 Å². The number of nitrogens with one attached hydrogen (secondary N) is 2. The Hall–Kier alpha value is -2.04. The van der Waals surface area contributed by atoms with Gasteiger partial charge in [0.15, 0.2) is 0 Å². The van der Waals surface area contributed by atoms with Crippen molar-refractivity contribution in [3.05, 3.63) is 30.3 Å². The fourth-order valence-electron chi connectivity index (χ4n) is 1.51. The zero-order valence-electron chi connectivity index (χ0n) is 12.9. The van der Waals surface area contributed by atoms with Gasteiger partial charge in [0.1, 0.15) is 5.75 Å². The van der Waals surface area contributed by atoms with Crippen LogP contribution in [-0.4, -0.2) is 31.5 Å². The highest BCUT2D eigenvalue weighted by Gasteiger charge is 2.20. The van der Waals surface area contributed by atoms with Crippen LogP contribution in [0.1, 0.15) is 27.2 Å². The molecular weight excluding hydrogens is 268 g/mol. The molecule has 21 heavy (non-hydrogen) atoms. The highest BCUT2D eigenvalue weighted by molar-refractivity contribution is 5.81. The number of hydrogen-bond acceptors (Lipinski definition) is 3. The molecule has 0 aliphatic carbocycles. The van der Waals surface area contributed by atoms with Crippen molar-refractivity contribution in [2.75, 3.05) is 19.7 Å². The molecule has 0 unspecified atom stereocenters. The first-order valence-corrected chi connectivity index (χ1v) is 7.12. The van der Waals surface area contributed by atoms with Crippen molar-refractivity contribution >= 4 is 11.8 Å². The van der Waals surface area contributed by atoms with E-state index in [1.54, 1.807) is 0 Å². The lowest BCUT2D eigenvalue weighted by Crippen LogP contribution is -2.40. The molecule has 0 fully saturated rings. The summed E-state index contributed by atoms with van der Waals surface area (Å²) in [4.78, 5) is 23.2. The van der Waals surface area contributed by atoms with Gasteiger partial charge in [0.05, 0.1) is 13.0 Å². The summed E-state index contributed by atoms with van der Waals surface area (Å²) in [5.41, 5.74) is -0.409. The van der Waals surface area contributed by atoms with E-state index < -0.39 is 5.41 Å². The van der Waals surface area contributed by atoms with E-state index in [0.29, 0.717) is 26.1 Å². The maximum absolute atomic E-state index is 11.6. The van der Waals surface area contributed by atoms with Gasteiger partial charge in [-0.15, -0.1) is 0 Å². The van der Waals surface area contributed by atoms with Gasteiger partial charge in [-0.3, -0.25) is 9.59 Å². The van der Waals surface area contributed by atoms with E-state index in [-0.39, 0.29) is 11.8 Å². The van der Waals surface area contributed by atoms with Crippen molar-refractivity contribution < 1.29 is 14.3 Å². The van der Waals surface area contributed by atoms with Crippen LogP contribution in [-0.2, 0) is 9.59 Å². The van der Waals surface area contributed by atoms with Crippen LogP contribution >= 0.6 is 0 Å². The van der Waals surface area contributed by atoms with E-state index in [2.05, 4.69) is 10.6 Å². The molecule has 1 aromatic carbocycles. The zero-order chi connectivity index (χ0) is 15.7. The molecule has 5 heteroatoms. The standard InChI is InChI=1S/C16H24N2O3/c1-16(2,3)15(20)18-11-10-17-14(19)9-12-21-13-7-5-4-6-8-13/h4-8H,9-12H2,1-3H3,(H,17,19)(H,18,20). The fourth-order valence-corrected chi connectivity index (χ4v) is 1.51. The SMILES string of the molecule is CC(C)(C)C(=O)NCCNC(=O)CCOc1ccccc1. The van der Waals surface area contributed by atoms with Gasteiger partial charge in [-0.2, -0.15) is 0 Å². The number of hydrogen-bond donors (Lipinski definition) is 2. The summed E-state index contributed by atoms with van der Waals surface area (Å²) in [6, 6.07) is 9.37. The summed E-state index contributed by atoms with van der Waals surface area (Å²) in [6.45, 7) is 6.74. The molecule has 5 nitrogen and oxygen atoms in total. The fraction of sp³-hybridized carbons (Fsp3) is 0.500. The molecule has 0 spiro atoms. The van der Waals surface area contributed by atoms with E-state index in [4.69, 9.17) is 4.74 Å². The number of carbonyl (C=O) groups is 2. The third-order valence-corrected chi connectivity index (χ3v) is 2.75. The predicted molar refractivity (Wildman–Crippen MR) is 82.0 cm³/mol. The molecule has 0 bridgehead atoms. The molecule has 0 radical (unpaired) electrons. The number of carbonyl (C=O) groups excluding carboxylic acids is 2. The quantitative estimate of drug-likeness (QED) is 0.752. The van der Waals surface area contributed by atoms with Gasteiger partial charge in [-0.1, -0.05) is 39.0 Å². The van der Waals surface area contributed by atoms with E-state index in [0.717, 1.165) is 5.75 Å². The van der Waals surface area contributed by atoms with Crippen LogP contribution in [0.3, 0.4) is 0 Å². The first kappa shape index (κ1) is 17.0. The number of ether oxygens (including phenoxy) is 1. The monoisotopic (exact) mass is 292 g/mol. The van der Waals surface area contributed by atoms with Gasteiger partial charge in [0.2, 0.25) is 11.8 Å². The zero-order valence-corrected chi connectivity index (χ0v) is 12.9. The second kappa shape index (κ2) is 8.29. The van der Waals surface area contributed by atoms with Crippen molar-refractivity contribution in [1.29, 1.82) is 0 Å². The highest BCUT2D eigenvalue weighted by Crippen LogP contribution is 2.11. The largest absolute Gasteiger partial charge is 0.493 e. The summed E-state index contributed by atoms with van der Waals surface area (Å²) in [5.74, 6) is 0.642. The molecule has 0 aromatic heterocycles. The smallest absolute Gasteiger partial charge is 0.225 e. The molecule has 0 saturated carbocycles. The Morgan fingerprint density at radius 3 is 2.29 bits per heavy atom. The Morgan fingerprint density at radius 1 is 1.05 bits per heavy atom. The highest BCUT2D eigenvalue weighted by atomic mass is 16.5. The second-order valence-electron chi connectivity index (χ2n) is 5.77. The lowest BCUT2D eigenvalue weighted by molar-refractivity contribution is -0.128. The number of amides is 2. The van der Waals surface area contributed by atoms with Crippen molar-refractivity contribution in [3.63, 3.8) is 0 Å². The van der Waals surface area contributed by atoms with Crippen LogP contribution in [0.25, 0.3) is 0 Å². The van der Waals surface area contributed by atoms with E-state index in [1.807, 2.05) is 51.1 Å². The van der Waals surface area contributed by atoms with Crippen LogP contribution in [0.15, 0.2) is 30.3 Å². The number of benzene rings is 1. The molecule has 116 valence electrons. The predicted octanol–water partition coefficient (Wildman–Crippen LogP) is 1.73. The molecular formula is C16H24N2O3. The van der Waals surface area contributed by atoms with Crippen LogP contribution in [0.4, 0.5) is 0 Å². The third-order valence-electron chi connectivity index (χ3n) is 2.75. The minimum atomic E-state index is -0.409. The number of para-hydroxylation sites is 1. The van der Waals surface area contributed by atoms with Gasteiger partial charge in [0.25, 0.3) is 0 Å². The van der Waals surface area contributed by atoms with Crippen LogP contribution < -0.4 is 15.4 Å². The maximum atomic E-state index is 11.6. The van der Waals surface area contributed by atoms with Crippen LogP contribution in [0.5, 0.6) is 5.75 Å². The lowest BCUT2D eigenvalue weighted by atomic mass is 9.96. The topological polar surface area (TPSA) is 67.4 Å². The van der Waals surface area contributed by atoms with Crippen molar-refractivity contribution in [3.8, 4) is 5.75 Å². The van der Waals surface area contributed by atoms with E-state index in [1.165, 1.54) is 0 Å². The molecule has 0 aliphatic heterocycles. The lowest BCUT2D eigenvalue weighted by Gasteiger charge is -2.17. The Kier molecular flexibility index (Phi) is 6.72. The Bertz CT molecular complexity index is 452. The van der Waals surface area contributed by atoms with Gasteiger partial charge in [-0.25, -0.2) is 0 Å². The molecule has 2 amide bonds. The molecule has 1 aromatic rings. The normalized spacial score (nSPS) is 10.8. The summed E-state index contributed by atoms with van der Waals surface area (Å²) < 4.78 is 5.44. The van der Waals surface area contributed by atoms with Crippen molar-refractivity contribution in [2.24, 2.45) is 5.41 Å². The Balaban J connectivity index is 2.08. The van der Waals surface area contributed by atoms with E-state index in [9.17, 15) is 9.59 Å². The summed E-state index contributed by atoms with van der Waals surface area (Å²) >= 11 is 0. The molecule has 0 saturated heterocycles. The average Bonchev–Trinajstić information content (AvgIpc) is 2.43. The molecule has 0 heterocycles. The first-order valence-electron chi connectivity index (χ1n) is 7.12. The van der Waals surface area contributed by atoms with E-state index >= 15 is 0 Å². The van der Waals surface area contributed by atoms with Crippen LogP contribution in [0, 0.1) is 5.41 Å². The second-order valence-corrected chi connectivity index (χ2v) is 5.77. The summed E-state index contributed by atoms with van der Waals surface area (Å²) in [6.07, 6.45) is 0.294. The number of rotatable bonds is 7. The molecule has 2 N–H and O–H groups in total. The first-order chi connectivity index (χ1) is 9.89. The summed E-state index contributed by atoms with van der Waals surface area (Å²) in [5, 5.41) is 5.52. The molecule has 0 atom stereocenters. The molecule has 1 rings (SSSR count). The average molecular weight is 292 g/mol. The summed E-state index contributed by atoms with van der Waals surface area (Å²) in [7, 11) is 0. The molecule has 0 aliphatic rings. The van der Waals surface area contributed by atoms with Gasteiger partial charge < -0.3 is 15.4 Å². The minimum Gasteiger partial charge on any atom is -0.493 e. The maximum Gasteiger partial charge on any atom is 0.225 e.